The van der Waals surface area contributed by atoms with Crippen molar-refractivity contribution in [3.05, 3.63) is 18.2 Å². The van der Waals surface area contributed by atoms with Gasteiger partial charge in [0.15, 0.2) is 0 Å². The molecule has 1 aromatic rings. The molecule has 27 heavy (non-hydrogen) atoms. The number of carbonyl (C=O) groups is 3. The number of rotatable bonds is 3. The van der Waals surface area contributed by atoms with Crippen LogP contribution in [0.3, 0.4) is 0 Å². The van der Waals surface area contributed by atoms with Crippen molar-refractivity contribution in [3.63, 3.8) is 0 Å². The molecule has 0 spiro atoms. The van der Waals surface area contributed by atoms with Gasteiger partial charge in [-0.1, -0.05) is 0 Å². The number of anilines is 2. The summed E-state index contributed by atoms with van der Waals surface area (Å²) in [5, 5.41) is 11.8. The van der Waals surface area contributed by atoms with E-state index >= 15 is 0 Å². The molecule has 3 amide bonds. The number of benzene rings is 1. The second-order valence-electron chi connectivity index (χ2n) is 6.70. The molecule has 0 radical (unpaired) electrons. The molecule has 3 heterocycles. The van der Waals surface area contributed by atoms with E-state index in [0.717, 1.165) is 10.6 Å². The lowest BCUT2D eigenvalue weighted by atomic mass is 10.2. The highest BCUT2D eigenvalue weighted by atomic mass is 32.2. The molecule has 10 heteroatoms. The molecule has 1 aromatic carbocycles. The molecule has 0 aromatic heterocycles. The minimum atomic E-state index is -0.897. The van der Waals surface area contributed by atoms with Crippen LogP contribution in [0, 0.1) is 0 Å². The predicted octanol–water partition coefficient (Wildman–Crippen LogP) is 1.35. The van der Waals surface area contributed by atoms with Crippen LogP contribution in [0.2, 0.25) is 0 Å². The molecule has 3 aliphatic rings. The lowest BCUT2D eigenvalue weighted by Crippen LogP contribution is -2.50. The van der Waals surface area contributed by atoms with Gasteiger partial charge >= 0.3 is 12.2 Å². The average molecular weight is 392 g/mol. The summed E-state index contributed by atoms with van der Waals surface area (Å²) in [5.41, 5.74) is 1.41. The van der Waals surface area contributed by atoms with E-state index in [2.05, 4.69) is 10.2 Å². The molecule has 2 N–H and O–H groups in total. The Hall–Kier alpha value is -2.46. The van der Waals surface area contributed by atoms with Crippen molar-refractivity contribution in [1.82, 2.24) is 9.80 Å². The third-order valence-corrected chi connectivity index (χ3v) is 5.96. The van der Waals surface area contributed by atoms with E-state index in [-0.39, 0.29) is 12.0 Å². The van der Waals surface area contributed by atoms with E-state index < -0.39 is 12.2 Å². The van der Waals surface area contributed by atoms with Gasteiger partial charge in [0, 0.05) is 43.3 Å². The number of carboxylic acid groups (broad SMARTS) is 1. The molecule has 4 rings (SSSR count). The van der Waals surface area contributed by atoms with Gasteiger partial charge in [0.05, 0.1) is 18.0 Å². The summed E-state index contributed by atoms with van der Waals surface area (Å²) in [6.07, 6.45) is -1.57. The van der Waals surface area contributed by atoms with Crippen molar-refractivity contribution in [1.29, 1.82) is 0 Å². The number of piperazine rings is 1. The number of fused-ring (bicyclic) bond motifs is 1. The number of carbonyl (C=O) groups excluding carboxylic acids is 2. The van der Waals surface area contributed by atoms with Gasteiger partial charge in [-0.05, 0) is 18.2 Å². The maximum atomic E-state index is 12.3. The van der Waals surface area contributed by atoms with Crippen LogP contribution in [0.5, 0.6) is 0 Å². The fraction of sp³-hybridized carbons (Fsp3) is 0.471. The normalized spacial score (nSPS) is 23.0. The number of thioether (sulfide) groups is 1. The maximum Gasteiger partial charge on any atom is 0.414 e. The third-order valence-electron chi connectivity index (χ3n) is 4.89. The van der Waals surface area contributed by atoms with Crippen molar-refractivity contribution in [2.45, 2.75) is 11.0 Å². The van der Waals surface area contributed by atoms with Crippen molar-refractivity contribution >= 4 is 41.2 Å². The lowest BCUT2D eigenvalue weighted by Gasteiger charge is -2.33. The van der Waals surface area contributed by atoms with Gasteiger partial charge in [-0.2, -0.15) is 0 Å². The Kier molecular flexibility index (Phi) is 4.83. The van der Waals surface area contributed by atoms with E-state index in [1.54, 1.807) is 11.0 Å². The van der Waals surface area contributed by atoms with Crippen molar-refractivity contribution in [2.24, 2.45) is 0 Å². The number of cyclic esters (lactones) is 1. The van der Waals surface area contributed by atoms with Gasteiger partial charge < -0.3 is 20.1 Å². The van der Waals surface area contributed by atoms with E-state index in [1.165, 1.54) is 16.7 Å². The first kappa shape index (κ1) is 17.9. The molecule has 0 aliphatic carbocycles. The highest BCUT2D eigenvalue weighted by Gasteiger charge is 2.35. The Morgan fingerprint density at radius 3 is 2.78 bits per heavy atom. The largest absolute Gasteiger partial charge is 0.465 e. The molecule has 3 aliphatic heterocycles. The summed E-state index contributed by atoms with van der Waals surface area (Å²) in [4.78, 5) is 40.9. The fourth-order valence-corrected chi connectivity index (χ4v) is 4.26. The van der Waals surface area contributed by atoms with Gasteiger partial charge in [0.25, 0.3) is 0 Å². The Morgan fingerprint density at radius 1 is 1.26 bits per heavy atom. The zero-order chi connectivity index (χ0) is 19.0. The Labute approximate surface area is 160 Å². The van der Waals surface area contributed by atoms with Gasteiger partial charge in [-0.3, -0.25) is 14.6 Å². The second kappa shape index (κ2) is 7.28. The third kappa shape index (κ3) is 3.81. The summed E-state index contributed by atoms with van der Waals surface area (Å²) >= 11 is 1.48. The van der Waals surface area contributed by atoms with E-state index in [1.807, 2.05) is 12.1 Å². The van der Waals surface area contributed by atoms with Crippen LogP contribution in [-0.2, 0) is 9.53 Å². The first-order chi connectivity index (χ1) is 13.0. The molecule has 2 saturated heterocycles. The monoisotopic (exact) mass is 392 g/mol. The Morgan fingerprint density at radius 2 is 2.04 bits per heavy atom. The topological polar surface area (TPSA) is 102 Å². The van der Waals surface area contributed by atoms with Gasteiger partial charge in [-0.25, -0.2) is 9.59 Å². The van der Waals surface area contributed by atoms with Crippen LogP contribution in [-0.4, -0.2) is 84.1 Å². The predicted molar refractivity (Wildman–Crippen MR) is 99.4 cm³/mol. The number of nitrogens with one attached hydrogen (secondary N) is 1. The fourth-order valence-electron chi connectivity index (χ4n) is 3.48. The quantitative estimate of drug-likeness (QED) is 0.800. The SMILES string of the molecule is O=C1CSc2ccc(N3C[C@@H](CN4CCN(C(=O)O)CC4)OC3=O)cc2N1. The highest BCUT2D eigenvalue weighted by Crippen LogP contribution is 2.35. The van der Waals surface area contributed by atoms with E-state index in [0.29, 0.717) is 50.7 Å². The molecule has 9 nitrogen and oxygen atoms in total. The van der Waals surface area contributed by atoms with Gasteiger partial charge in [-0.15, -0.1) is 11.8 Å². The van der Waals surface area contributed by atoms with Crippen molar-refractivity contribution in [3.8, 4) is 0 Å². The maximum absolute atomic E-state index is 12.3. The summed E-state index contributed by atoms with van der Waals surface area (Å²) in [6, 6.07) is 5.56. The van der Waals surface area contributed by atoms with Gasteiger partial charge in [0.1, 0.15) is 6.10 Å². The van der Waals surface area contributed by atoms with Crippen LogP contribution < -0.4 is 10.2 Å². The summed E-state index contributed by atoms with van der Waals surface area (Å²) in [6.45, 7) is 3.18. The van der Waals surface area contributed by atoms with Crippen molar-refractivity contribution < 1.29 is 24.2 Å². The molecule has 0 bridgehead atoms. The first-order valence-electron chi connectivity index (χ1n) is 8.74. The summed E-state index contributed by atoms with van der Waals surface area (Å²) < 4.78 is 5.49. The molecule has 1 atom stereocenters. The lowest BCUT2D eigenvalue weighted by molar-refractivity contribution is -0.113. The Bertz CT molecular complexity index is 781. The minimum Gasteiger partial charge on any atom is -0.465 e. The molecule has 2 fully saturated rings. The van der Waals surface area contributed by atoms with Crippen LogP contribution >= 0.6 is 11.8 Å². The summed E-state index contributed by atoms with van der Waals surface area (Å²) in [5.74, 6) is 0.349. The zero-order valence-electron chi connectivity index (χ0n) is 14.6. The molecule has 0 saturated carbocycles. The van der Waals surface area contributed by atoms with Crippen LogP contribution in [0.15, 0.2) is 23.1 Å². The van der Waals surface area contributed by atoms with E-state index in [9.17, 15) is 14.4 Å². The first-order valence-corrected chi connectivity index (χ1v) is 9.73. The van der Waals surface area contributed by atoms with E-state index in [4.69, 9.17) is 9.84 Å². The second-order valence-corrected chi connectivity index (χ2v) is 7.72. The highest BCUT2D eigenvalue weighted by molar-refractivity contribution is 8.00. The number of hydrogen-bond donors (Lipinski definition) is 2. The average Bonchev–Trinajstić information content (AvgIpc) is 3.01. The molecular formula is C17H20N4O5S. The number of hydrogen-bond acceptors (Lipinski definition) is 6. The molecule has 0 unspecified atom stereocenters. The smallest absolute Gasteiger partial charge is 0.414 e. The minimum absolute atomic E-state index is 0.0490. The van der Waals surface area contributed by atoms with Crippen LogP contribution in [0.1, 0.15) is 0 Å². The standard InChI is InChI=1S/C17H20N4O5S/c22-15-10-27-14-2-1-11(7-13(14)18-15)21-9-12(26-17(21)25)8-19-3-5-20(6-4-19)16(23)24/h1-2,7,12H,3-6,8-10H2,(H,18,22)(H,23,24)/t12-/m1/s1. The molecule has 144 valence electrons. The number of amides is 3. The summed E-state index contributed by atoms with van der Waals surface area (Å²) in [7, 11) is 0. The number of nitrogens with zero attached hydrogens (tertiary/aromatic N) is 3. The van der Waals surface area contributed by atoms with Crippen LogP contribution in [0.25, 0.3) is 0 Å². The van der Waals surface area contributed by atoms with Crippen molar-refractivity contribution in [2.75, 3.05) is 55.2 Å². The zero-order valence-corrected chi connectivity index (χ0v) is 15.4. The number of ether oxygens (including phenoxy) is 1. The Balaban J connectivity index is 1.38. The van der Waals surface area contributed by atoms with Crippen LogP contribution in [0.4, 0.5) is 21.0 Å². The molecular weight excluding hydrogens is 372 g/mol. The van der Waals surface area contributed by atoms with Gasteiger partial charge in [0.2, 0.25) is 5.91 Å².